The van der Waals surface area contributed by atoms with Crippen molar-refractivity contribution in [3.63, 3.8) is 0 Å². The van der Waals surface area contributed by atoms with Gasteiger partial charge in [0.25, 0.3) is 5.91 Å². The molecule has 0 saturated carbocycles. The zero-order valence-electron chi connectivity index (χ0n) is 14.4. The average Bonchev–Trinajstić information content (AvgIpc) is 3.20. The van der Waals surface area contributed by atoms with E-state index < -0.39 is 0 Å². The summed E-state index contributed by atoms with van der Waals surface area (Å²) in [4.78, 5) is 25.9. The molecule has 4 rings (SSSR count). The van der Waals surface area contributed by atoms with Crippen molar-refractivity contribution in [1.29, 1.82) is 0 Å². The third kappa shape index (κ3) is 3.81. The number of hydrogen-bond acceptors (Lipinski definition) is 5. The molecule has 3 heterocycles. The fourth-order valence-electron chi connectivity index (χ4n) is 3.08. The Kier molecular flexibility index (Phi) is 5.04. The van der Waals surface area contributed by atoms with Gasteiger partial charge in [0.1, 0.15) is 10.7 Å². The van der Waals surface area contributed by atoms with Gasteiger partial charge in [0, 0.05) is 49.9 Å². The molecule has 132 valence electrons. The maximum Gasteiger partial charge on any atom is 0.273 e. The van der Waals surface area contributed by atoms with Gasteiger partial charge in [0.15, 0.2) is 0 Å². The summed E-state index contributed by atoms with van der Waals surface area (Å²) in [6, 6.07) is 16.0. The molecule has 1 aliphatic rings. The minimum Gasteiger partial charge on any atom is -0.335 e. The summed E-state index contributed by atoms with van der Waals surface area (Å²) < 4.78 is 0. The standard InChI is InChI=1S/C20H20N4OS/c25-20(18-15-26-19(22-18)16-6-2-1-3-7-16)24-12-10-23(11-13-24)14-17-8-4-5-9-21-17/h1-9,15H,10-14H2. The van der Waals surface area contributed by atoms with E-state index >= 15 is 0 Å². The number of rotatable bonds is 4. The second-order valence-corrected chi connectivity index (χ2v) is 7.15. The van der Waals surface area contributed by atoms with Crippen molar-refractivity contribution in [2.45, 2.75) is 6.54 Å². The van der Waals surface area contributed by atoms with E-state index in [0.29, 0.717) is 5.69 Å². The summed E-state index contributed by atoms with van der Waals surface area (Å²) in [5.41, 5.74) is 2.67. The van der Waals surface area contributed by atoms with Crippen LogP contribution < -0.4 is 0 Å². The SMILES string of the molecule is O=C(c1csc(-c2ccccc2)n1)N1CCN(Cc2ccccn2)CC1. The van der Waals surface area contributed by atoms with E-state index in [4.69, 9.17) is 0 Å². The van der Waals surface area contributed by atoms with Gasteiger partial charge < -0.3 is 4.90 Å². The summed E-state index contributed by atoms with van der Waals surface area (Å²) in [5, 5.41) is 2.76. The minimum atomic E-state index is 0.0286. The molecule has 5 nitrogen and oxygen atoms in total. The Balaban J connectivity index is 1.36. The molecule has 26 heavy (non-hydrogen) atoms. The summed E-state index contributed by atoms with van der Waals surface area (Å²) in [6.07, 6.45) is 1.82. The average molecular weight is 364 g/mol. The van der Waals surface area contributed by atoms with Gasteiger partial charge in [-0.05, 0) is 12.1 Å². The molecule has 1 saturated heterocycles. The van der Waals surface area contributed by atoms with Crippen molar-refractivity contribution < 1.29 is 4.79 Å². The molecule has 0 unspecified atom stereocenters. The largest absolute Gasteiger partial charge is 0.335 e. The highest BCUT2D eigenvalue weighted by molar-refractivity contribution is 7.13. The molecule has 1 fully saturated rings. The van der Waals surface area contributed by atoms with E-state index in [1.54, 1.807) is 0 Å². The van der Waals surface area contributed by atoms with Crippen LogP contribution in [0.1, 0.15) is 16.2 Å². The molecule has 0 spiro atoms. The van der Waals surface area contributed by atoms with Gasteiger partial charge in [0.2, 0.25) is 0 Å². The van der Waals surface area contributed by atoms with Gasteiger partial charge >= 0.3 is 0 Å². The molecule has 1 aromatic carbocycles. The first-order chi connectivity index (χ1) is 12.8. The maximum absolute atomic E-state index is 12.7. The number of amides is 1. The quantitative estimate of drug-likeness (QED) is 0.714. The topological polar surface area (TPSA) is 49.3 Å². The number of hydrogen-bond donors (Lipinski definition) is 0. The summed E-state index contributed by atoms with van der Waals surface area (Å²) in [5.74, 6) is 0.0286. The number of thiazole rings is 1. The fourth-order valence-corrected chi connectivity index (χ4v) is 3.88. The normalized spacial score (nSPS) is 15.2. The van der Waals surface area contributed by atoms with Crippen LogP contribution in [0.4, 0.5) is 0 Å². The molecule has 0 bridgehead atoms. The Labute approximate surface area is 156 Å². The van der Waals surface area contributed by atoms with Gasteiger partial charge in [-0.1, -0.05) is 36.4 Å². The van der Waals surface area contributed by atoms with Crippen LogP contribution >= 0.6 is 11.3 Å². The molecule has 1 aliphatic heterocycles. The molecule has 0 atom stereocenters. The predicted octanol–water partition coefficient (Wildman–Crippen LogP) is 3.16. The number of aromatic nitrogens is 2. The van der Waals surface area contributed by atoms with Crippen LogP contribution in [0.25, 0.3) is 10.6 Å². The van der Waals surface area contributed by atoms with Gasteiger partial charge in [-0.15, -0.1) is 11.3 Å². The van der Waals surface area contributed by atoms with Crippen molar-refractivity contribution >= 4 is 17.2 Å². The highest BCUT2D eigenvalue weighted by Crippen LogP contribution is 2.24. The molecular formula is C20H20N4OS. The van der Waals surface area contributed by atoms with Crippen LogP contribution in [0.5, 0.6) is 0 Å². The van der Waals surface area contributed by atoms with Crippen LogP contribution in [0, 0.1) is 0 Å². The minimum absolute atomic E-state index is 0.0286. The van der Waals surface area contributed by atoms with Gasteiger partial charge in [-0.25, -0.2) is 4.98 Å². The molecular weight excluding hydrogens is 344 g/mol. The van der Waals surface area contributed by atoms with Crippen LogP contribution in [0.2, 0.25) is 0 Å². The third-order valence-electron chi connectivity index (χ3n) is 4.52. The van der Waals surface area contributed by atoms with Crippen LogP contribution in [0.3, 0.4) is 0 Å². The van der Waals surface area contributed by atoms with Crippen LogP contribution in [-0.2, 0) is 6.54 Å². The van der Waals surface area contributed by atoms with E-state index in [-0.39, 0.29) is 5.91 Å². The Bertz CT molecular complexity index is 858. The number of piperazine rings is 1. The molecule has 0 aliphatic carbocycles. The van der Waals surface area contributed by atoms with E-state index in [9.17, 15) is 4.79 Å². The Morgan fingerprint density at radius 2 is 1.77 bits per heavy atom. The van der Waals surface area contributed by atoms with Gasteiger partial charge in [0.05, 0.1) is 5.69 Å². The second-order valence-electron chi connectivity index (χ2n) is 6.29. The third-order valence-corrected chi connectivity index (χ3v) is 5.41. The van der Waals surface area contributed by atoms with E-state index in [1.165, 1.54) is 11.3 Å². The number of benzene rings is 1. The van der Waals surface area contributed by atoms with E-state index in [0.717, 1.165) is 49.0 Å². The van der Waals surface area contributed by atoms with Gasteiger partial charge in [-0.2, -0.15) is 0 Å². The lowest BCUT2D eigenvalue weighted by Crippen LogP contribution is -2.48. The molecule has 6 heteroatoms. The lowest BCUT2D eigenvalue weighted by atomic mass is 10.2. The Morgan fingerprint density at radius 1 is 1.00 bits per heavy atom. The predicted molar refractivity (Wildman–Crippen MR) is 103 cm³/mol. The molecule has 0 radical (unpaired) electrons. The second kappa shape index (κ2) is 7.76. The number of nitrogens with zero attached hydrogens (tertiary/aromatic N) is 4. The zero-order valence-corrected chi connectivity index (χ0v) is 15.2. The zero-order chi connectivity index (χ0) is 17.8. The summed E-state index contributed by atoms with van der Waals surface area (Å²) in [6.45, 7) is 4.00. The number of pyridine rings is 1. The van der Waals surface area contributed by atoms with Crippen molar-refractivity contribution in [2.24, 2.45) is 0 Å². The van der Waals surface area contributed by atoms with Crippen molar-refractivity contribution in [3.8, 4) is 10.6 Å². The Morgan fingerprint density at radius 3 is 2.50 bits per heavy atom. The lowest BCUT2D eigenvalue weighted by molar-refractivity contribution is 0.0622. The molecule has 2 aromatic heterocycles. The van der Waals surface area contributed by atoms with Crippen molar-refractivity contribution in [1.82, 2.24) is 19.8 Å². The Hall–Kier alpha value is -2.57. The first kappa shape index (κ1) is 16.9. The smallest absolute Gasteiger partial charge is 0.273 e. The monoisotopic (exact) mass is 364 g/mol. The maximum atomic E-state index is 12.7. The van der Waals surface area contributed by atoms with Crippen LogP contribution in [0.15, 0.2) is 60.1 Å². The lowest BCUT2D eigenvalue weighted by Gasteiger charge is -2.34. The number of carbonyl (C=O) groups excluding carboxylic acids is 1. The van der Waals surface area contributed by atoms with E-state index in [1.807, 2.05) is 65.0 Å². The van der Waals surface area contributed by atoms with Crippen LogP contribution in [-0.4, -0.2) is 51.9 Å². The first-order valence-electron chi connectivity index (χ1n) is 8.72. The van der Waals surface area contributed by atoms with Gasteiger partial charge in [-0.3, -0.25) is 14.7 Å². The summed E-state index contributed by atoms with van der Waals surface area (Å²) >= 11 is 1.52. The summed E-state index contributed by atoms with van der Waals surface area (Å²) in [7, 11) is 0. The van der Waals surface area contributed by atoms with Crippen molar-refractivity contribution in [2.75, 3.05) is 26.2 Å². The number of carbonyl (C=O) groups is 1. The molecule has 3 aromatic rings. The van der Waals surface area contributed by atoms with E-state index in [2.05, 4.69) is 14.9 Å². The van der Waals surface area contributed by atoms with Crippen molar-refractivity contribution in [3.05, 3.63) is 71.5 Å². The fraction of sp³-hybridized carbons (Fsp3) is 0.250. The highest BCUT2D eigenvalue weighted by atomic mass is 32.1. The first-order valence-corrected chi connectivity index (χ1v) is 9.60. The molecule has 1 amide bonds. The molecule has 0 N–H and O–H groups in total. The highest BCUT2D eigenvalue weighted by Gasteiger charge is 2.24.